The Morgan fingerprint density at radius 2 is 1.44 bits per heavy atom. The molecule has 0 aliphatic heterocycles. The molecule has 2 saturated carbocycles. The van der Waals surface area contributed by atoms with Crippen molar-refractivity contribution in [1.29, 1.82) is 0 Å². The lowest BCUT2D eigenvalue weighted by Gasteiger charge is -2.20. The number of carboxylic acids is 2. The number of hydrogen-bond acceptors (Lipinski definition) is 2. The Bertz CT molecular complexity index is 362. The van der Waals surface area contributed by atoms with Crippen LogP contribution in [0.2, 0.25) is 0 Å². The van der Waals surface area contributed by atoms with Crippen LogP contribution >= 0.6 is 0 Å². The summed E-state index contributed by atoms with van der Waals surface area (Å²) in [6.07, 6.45) is 6.02. The lowest BCUT2D eigenvalue weighted by atomic mass is 9.82. The van der Waals surface area contributed by atoms with E-state index in [-0.39, 0.29) is 11.8 Å². The molecule has 3 rings (SSSR count). The Hall–Kier alpha value is -1.32. The smallest absolute Gasteiger partial charge is 0.321 e. The number of aliphatic carboxylic acids is 2. The third kappa shape index (κ3) is 0.996. The van der Waals surface area contributed by atoms with Crippen LogP contribution in [-0.4, -0.2) is 22.2 Å². The van der Waals surface area contributed by atoms with Crippen LogP contribution in [0.1, 0.15) is 19.3 Å². The minimum absolute atomic E-state index is 0.280. The number of carbonyl (C=O) groups is 2. The van der Waals surface area contributed by atoms with Gasteiger partial charge in [-0.15, -0.1) is 0 Å². The van der Waals surface area contributed by atoms with Gasteiger partial charge >= 0.3 is 11.9 Å². The van der Waals surface area contributed by atoms with Crippen molar-refractivity contribution < 1.29 is 19.8 Å². The second kappa shape index (κ2) is 2.87. The fourth-order valence-corrected chi connectivity index (χ4v) is 3.96. The minimum Gasteiger partial charge on any atom is -0.480 e. The maximum absolute atomic E-state index is 11.2. The first-order valence-electron chi connectivity index (χ1n) is 5.70. The molecule has 0 aromatic carbocycles. The second-order valence-corrected chi connectivity index (χ2v) is 5.38. The van der Waals surface area contributed by atoms with E-state index in [0.29, 0.717) is 24.7 Å². The Labute approximate surface area is 93.0 Å². The molecule has 0 amide bonds. The van der Waals surface area contributed by atoms with Crippen LogP contribution in [0.4, 0.5) is 0 Å². The Morgan fingerprint density at radius 1 is 1.00 bits per heavy atom. The highest BCUT2D eigenvalue weighted by molar-refractivity contribution is 5.98. The van der Waals surface area contributed by atoms with Crippen LogP contribution in [0.5, 0.6) is 0 Å². The molecule has 0 radical (unpaired) electrons. The van der Waals surface area contributed by atoms with Crippen molar-refractivity contribution >= 4 is 11.9 Å². The van der Waals surface area contributed by atoms with E-state index in [0.717, 1.165) is 6.42 Å². The fourth-order valence-electron chi connectivity index (χ4n) is 3.96. The summed E-state index contributed by atoms with van der Waals surface area (Å²) in [6, 6.07) is 0. The number of fused-ring (bicyclic) bond motifs is 5. The maximum atomic E-state index is 11.2. The molecule has 2 N–H and O–H groups in total. The van der Waals surface area contributed by atoms with E-state index in [2.05, 4.69) is 12.2 Å². The monoisotopic (exact) mass is 222 g/mol. The predicted molar refractivity (Wildman–Crippen MR) is 54.7 cm³/mol. The van der Waals surface area contributed by atoms with Crippen molar-refractivity contribution in [2.24, 2.45) is 29.1 Å². The zero-order chi connectivity index (χ0) is 11.5. The van der Waals surface area contributed by atoms with Gasteiger partial charge in [-0.1, -0.05) is 12.2 Å². The van der Waals surface area contributed by atoms with Gasteiger partial charge in [-0.2, -0.15) is 0 Å². The van der Waals surface area contributed by atoms with Crippen molar-refractivity contribution in [3.05, 3.63) is 12.2 Å². The normalized spacial score (nSPS) is 42.2. The molecule has 16 heavy (non-hydrogen) atoms. The van der Waals surface area contributed by atoms with Gasteiger partial charge in [0.25, 0.3) is 0 Å². The van der Waals surface area contributed by atoms with E-state index in [4.69, 9.17) is 0 Å². The third-order valence-corrected chi connectivity index (χ3v) is 4.79. The number of allylic oxidation sites excluding steroid dienone is 2. The standard InChI is InChI=1S/C12H14O4/c13-10(14)12(11(15)16)4-8-6-1-2-7(3-6)9(8)5-12/h1-2,6-9H,3-5H2,(H,13,14)(H,15,16)/t6-,7+,8-,9-/m1/s1. The van der Waals surface area contributed by atoms with Gasteiger partial charge in [-0.25, -0.2) is 0 Å². The topological polar surface area (TPSA) is 74.6 Å². The van der Waals surface area contributed by atoms with E-state index in [1.54, 1.807) is 0 Å². The summed E-state index contributed by atoms with van der Waals surface area (Å²) in [5, 5.41) is 18.4. The lowest BCUT2D eigenvalue weighted by molar-refractivity contribution is -0.164. The molecule has 2 bridgehead atoms. The summed E-state index contributed by atoms with van der Waals surface area (Å²) in [5.74, 6) is -0.904. The van der Waals surface area contributed by atoms with Gasteiger partial charge in [0.15, 0.2) is 5.41 Å². The average molecular weight is 222 g/mol. The molecular formula is C12H14O4. The van der Waals surface area contributed by atoms with E-state index in [9.17, 15) is 19.8 Å². The van der Waals surface area contributed by atoms with Crippen LogP contribution in [0, 0.1) is 29.1 Å². The van der Waals surface area contributed by atoms with Gasteiger partial charge in [-0.3, -0.25) is 9.59 Å². The van der Waals surface area contributed by atoms with Crippen molar-refractivity contribution in [3.8, 4) is 0 Å². The molecule has 0 heterocycles. The largest absolute Gasteiger partial charge is 0.480 e. The number of hydrogen-bond donors (Lipinski definition) is 2. The summed E-state index contributed by atoms with van der Waals surface area (Å²) >= 11 is 0. The van der Waals surface area contributed by atoms with E-state index in [1.165, 1.54) is 0 Å². The molecule has 0 unspecified atom stereocenters. The van der Waals surface area contributed by atoms with E-state index < -0.39 is 17.4 Å². The highest BCUT2D eigenvalue weighted by Crippen LogP contribution is 2.60. The van der Waals surface area contributed by atoms with Crippen molar-refractivity contribution in [2.75, 3.05) is 0 Å². The summed E-state index contributed by atoms with van der Waals surface area (Å²) in [5.41, 5.74) is -1.52. The molecule has 86 valence electrons. The molecule has 4 heteroatoms. The van der Waals surface area contributed by atoms with Crippen LogP contribution in [0.25, 0.3) is 0 Å². The maximum Gasteiger partial charge on any atom is 0.321 e. The van der Waals surface area contributed by atoms with Crippen molar-refractivity contribution in [2.45, 2.75) is 19.3 Å². The zero-order valence-electron chi connectivity index (χ0n) is 8.80. The quantitative estimate of drug-likeness (QED) is 0.546. The van der Waals surface area contributed by atoms with Gasteiger partial charge < -0.3 is 10.2 Å². The molecule has 4 nitrogen and oxygen atoms in total. The Balaban J connectivity index is 1.94. The second-order valence-electron chi connectivity index (χ2n) is 5.38. The fraction of sp³-hybridized carbons (Fsp3) is 0.667. The SMILES string of the molecule is O=C(O)C1(C(=O)O)C[C@H]2[C@H](C1)[C@H]1C=C[C@@H]2C1. The molecule has 3 aliphatic rings. The molecule has 0 aromatic heterocycles. The van der Waals surface area contributed by atoms with Crippen molar-refractivity contribution in [3.63, 3.8) is 0 Å². The highest BCUT2D eigenvalue weighted by atomic mass is 16.4. The van der Waals surface area contributed by atoms with Gasteiger partial charge in [0.1, 0.15) is 0 Å². The first-order chi connectivity index (χ1) is 7.54. The molecule has 3 aliphatic carbocycles. The zero-order valence-corrected chi connectivity index (χ0v) is 8.80. The van der Waals surface area contributed by atoms with Gasteiger partial charge in [0.05, 0.1) is 0 Å². The van der Waals surface area contributed by atoms with Gasteiger partial charge in [-0.05, 0) is 42.9 Å². The summed E-state index contributed by atoms with van der Waals surface area (Å²) in [6.45, 7) is 0. The van der Waals surface area contributed by atoms with Crippen LogP contribution in [-0.2, 0) is 9.59 Å². The molecule has 0 saturated heterocycles. The lowest BCUT2D eigenvalue weighted by Crippen LogP contribution is -2.37. The highest BCUT2D eigenvalue weighted by Gasteiger charge is 2.61. The van der Waals surface area contributed by atoms with Gasteiger partial charge in [0.2, 0.25) is 0 Å². The third-order valence-electron chi connectivity index (χ3n) is 4.79. The van der Waals surface area contributed by atoms with Crippen LogP contribution in [0.3, 0.4) is 0 Å². The molecular weight excluding hydrogens is 208 g/mol. The van der Waals surface area contributed by atoms with Crippen molar-refractivity contribution in [1.82, 2.24) is 0 Å². The summed E-state index contributed by atoms with van der Waals surface area (Å²) in [7, 11) is 0. The van der Waals surface area contributed by atoms with Crippen LogP contribution in [0.15, 0.2) is 12.2 Å². The number of rotatable bonds is 2. The summed E-state index contributed by atoms with van der Waals surface area (Å²) in [4.78, 5) is 22.5. The average Bonchev–Trinajstić information content (AvgIpc) is 2.88. The van der Waals surface area contributed by atoms with E-state index >= 15 is 0 Å². The van der Waals surface area contributed by atoms with E-state index in [1.807, 2.05) is 0 Å². The first kappa shape index (κ1) is 9.87. The van der Waals surface area contributed by atoms with Gasteiger partial charge in [0, 0.05) is 0 Å². The predicted octanol–water partition coefficient (Wildman–Crippen LogP) is 1.37. The molecule has 4 atom stereocenters. The molecule has 2 fully saturated rings. The Kier molecular flexibility index (Phi) is 1.77. The minimum atomic E-state index is -1.52. The number of carboxylic acid groups (broad SMARTS) is 2. The molecule has 0 spiro atoms. The first-order valence-corrected chi connectivity index (χ1v) is 5.70. The molecule has 0 aromatic rings. The Morgan fingerprint density at radius 3 is 1.81 bits per heavy atom. The summed E-state index contributed by atoms with van der Waals surface area (Å²) < 4.78 is 0. The van der Waals surface area contributed by atoms with Crippen LogP contribution < -0.4 is 0 Å².